The quantitative estimate of drug-likeness (QED) is 0.268. The Labute approximate surface area is 169 Å². The highest BCUT2D eigenvalue weighted by molar-refractivity contribution is 8.26. The highest BCUT2D eigenvalue weighted by atomic mass is 32.2. The summed E-state index contributed by atoms with van der Waals surface area (Å²) in [6.45, 7) is 0.290. The van der Waals surface area contributed by atoms with Gasteiger partial charge in [-0.3, -0.25) is 19.8 Å². The smallest absolute Gasteiger partial charge is 0.269 e. The molecule has 3 heterocycles. The second-order valence-corrected chi connectivity index (χ2v) is 7.60. The van der Waals surface area contributed by atoms with Crippen molar-refractivity contribution < 1.29 is 14.1 Å². The molecule has 9 heteroatoms. The van der Waals surface area contributed by atoms with Crippen LogP contribution in [0, 0.1) is 10.1 Å². The number of carbonyl (C=O) groups excluding carboxylic acids is 1. The third-order valence-corrected chi connectivity index (χ3v) is 5.54. The Morgan fingerprint density at radius 2 is 1.96 bits per heavy atom. The van der Waals surface area contributed by atoms with E-state index in [0.29, 0.717) is 21.5 Å². The van der Waals surface area contributed by atoms with Crippen molar-refractivity contribution in [2.24, 2.45) is 0 Å². The van der Waals surface area contributed by atoms with E-state index in [2.05, 4.69) is 0 Å². The number of benzene rings is 1. The molecular formula is C19H13N3O4S2. The fraction of sp³-hybridized carbons (Fsp3) is 0.0526. The van der Waals surface area contributed by atoms with Crippen molar-refractivity contribution in [3.63, 3.8) is 0 Å². The van der Waals surface area contributed by atoms with Crippen LogP contribution in [-0.4, -0.2) is 24.6 Å². The predicted octanol–water partition coefficient (Wildman–Crippen LogP) is 4.38. The van der Waals surface area contributed by atoms with Gasteiger partial charge < -0.3 is 8.98 Å². The molecule has 0 N–H and O–H groups in total. The zero-order chi connectivity index (χ0) is 19.7. The maximum Gasteiger partial charge on any atom is 0.269 e. The number of nitro benzene ring substituents is 1. The number of thiocarbonyl (C=S) groups is 1. The number of furan rings is 1. The van der Waals surface area contributed by atoms with Crippen LogP contribution in [0.5, 0.6) is 0 Å². The summed E-state index contributed by atoms with van der Waals surface area (Å²) in [5.74, 6) is 0.481. The Balaban J connectivity index is 1.60. The number of hydrogen-bond acceptors (Lipinski definition) is 6. The fourth-order valence-corrected chi connectivity index (χ4v) is 4.05. The molecule has 7 nitrogen and oxygen atoms in total. The average Bonchev–Trinajstić information content (AvgIpc) is 3.41. The number of rotatable bonds is 5. The van der Waals surface area contributed by atoms with Gasteiger partial charge in [0.2, 0.25) is 0 Å². The molecule has 2 aromatic heterocycles. The molecule has 1 fully saturated rings. The van der Waals surface area contributed by atoms with E-state index < -0.39 is 4.92 Å². The Morgan fingerprint density at radius 3 is 2.64 bits per heavy atom. The van der Waals surface area contributed by atoms with Crippen LogP contribution in [0.2, 0.25) is 0 Å². The van der Waals surface area contributed by atoms with Crippen molar-refractivity contribution in [3.8, 4) is 5.69 Å². The van der Waals surface area contributed by atoms with E-state index in [1.165, 1.54) is 28.8 Å². The van der Waals surface area contributed by atoms with E-state index >= 15 is 0 Å². The first-order chi connectivity index (χ1) is 13.5. The van der Waals surface area contributed by atoms with Gasteiger partial charge in [0.1, 0.15) is 10.1 Å². The van der Waals surface area contributed by atoms with E-state index in [-0.39, 0.29) is 11.6 Å². The lowest BCUT2D eigenvalue weighted by Crippen LogP contribution is -2.27. The predicted molar refractivity (Wildman–Crippen MR) is 110 cm³/mol. The summed E-state index contributed by atoms with van der Waals surface area (Å²) in [7, 11) is 0. The molecule has 0 radical (unpaired) electrons. The number of thioether (sulfide) groups is 1. The summed E-state index contributed by atoms with van der Waals surface area (Å²) in [5, 5.41) is 10.8. The summed E-state index contributed by atoms with van der Waals surface area (Å²) in [5.41, 5.74) is 1.55. The van der Waals surface area contributed by atoms with Crippen LogP contribution in [0.1, 0.15) is 11.5 Å². The fourth-order valence-electron chi connectivity index (χ4n) is 2.81. The summed E-state index contributed by atoms with van der Waals surface area (Å²) in [4.78, 5) is 25.2. The third kappa shape index (κ3) is 3.49. The zero-order valence-electron chi connectivity index (χ0n) is 14.3. The highest BCUT2D eigenvalue weighted by Gasteiger charge is 2.32. The van der Waals surface area contributed by atoms with E-state index in [1.54, 1.807) is 36.6 Å². The Hall–Kier alpha value is -3.17. The van der Waals surface area contributed by atoms with Crippen LogP contribution in [0.15, 0.2) is 70.3 Å². The van der Waals surface area contributed by atoms with Gasteiger partial charge in [-0.25, -0.2) is 0 Å². The van der Waals surface area contributed by atoms with Gasteiger partial charge >= 0.3 is 0 Å². The summed E-state index contributed by atoms with van der Waals surface area (Å²) in [6.07, 6.45) is 5.15. The maximum atomic E-state index is 12.8. The molecule has 0 bridgehead atoms. The number of amides is 1. The monoisotopic (exact) mass is 411 g/mol. The Bertz CT molecular complexity index is 1080. The van der Waals surface area contributed by atoms with Gasteiger partial charge in [-0.05, 0) is 42.5 Å². The van der Waals surface area contributed by atoms with E-state index in [0.717, 1.165) is 11.4 Å². The lowest BCUT2D eigenvalue weighted by molar-refractivity contribution is -0.384. The molecule has 3 aromatic rings. The normalized spacial score (nSPS) is 15.6. The van der Waals surface area contributed by atoms with E-state index in [1.807, 2.05) is 22.9 Å². The summed E-state index contributed by atoms with van der Waals surface area (Å²) < 4.78 is 7.63. The molecular weight excluding hydrogens is 398 g/mol. The Morgan fingerprint density at radius 1 is 1.18 bits per heavy atom. The van der Waals surface area contributed by atoms with Gasteiger partial charge in [0.25, 0.3) is 11.6 Å². The average molecular weight is 411 g/mol. The number of non-ortho nitro benzene ring substituents is 1. The third-order valence-electron chi connectivity index (χ3n) is 4.17. The minimum absolute atomic E-state index is 0.0243. The minimum Gasteiger partial charge on any atom is -0.467 e. The lowest BCUT2D eigenvalue weighted by Gasteiger charge is -2.12. The van der Waals surface area contributed by atoms with Crippen LogP contribution >= 0.6 is 24.0 Å². The first-order valence-corrected chi connectivity index (χ1v) is 9.45. The van der Waals surface area contributed by atoms with Gasteiger partial charge in [-0.1, -0.05) is 24.0 Å². The van der Waals surface area contributed by atoms with Gasteiger partial charge in [0.05, 0.1) is 22.6 Å². The van der Waals surface area contributed by atoms with Crippen LogP contribution < -0.4 is 0 Å². The van der Waals surface area contributed by atoms with Gasteiger partial charge in [-0.2, -0.15) is 0 Å². The van der Waals surface area contributed by atoms with Gasteiger partial charge in [0, 0.05) is 29.7 Å². The van der Waals surface area contributed by atoms with Crippen molar-refractivity contribution in [2.75, 3.05) is 0 Å². The molecule has 1 aromatic carbocycles. The zero-order valence-corrected chi connectivity index (χ0v) is 16.0. The van der Waals surface area contributed by atoms with Crippen LogP contribution in [0.4, 0.5) is 5.69 Å². The van der Waals surface area contributed by atoms with Gasteiger partial charge in [-0.15, -0.1) is 0 Å². The highest BCUT2D eigenvalue weighted by Crippen LogP contribution is 2.34. The first kappa shape index (κ1) is 18.2. The number of nitrogens with zero attached hydrogens (tertiary/aromatic N) is 3. The lowest BCUT2D eigenvalue weighted by atomic mass is 10.2. The van der Waals surface area contributed by atoms with Crippen molar-refractivity contribution in [3.05, 3.63) is 87.5 Å². The second-order valence-electron chi connectivity index (χ2n) is 5.92. The molecule has 0 saturated carbocycles. The van der Waals surface area contributed by atoms with E-state index in [4.69, 9.17) is 16.6 Å². The van der Waals surface area contributed by atoms with Crippen molar-refractivity contribution in [1.82, 2.24) is 9.47 Å². The number of carbonyl (C=O) groups is 1. The molecule has 28 heavy (non-hydrogen) atoms. The molecule has 4 rings (SSSR count). The van der Waals surface area contributed by atoms with Crippen LogP contribution in [-0.2, 0) is 11.3 Å². The number of hydrogen-bond donors (Lipinski definition) is 0. The molecule has 0 atom stereocenters. The van der Waals surface area contributed by atoms with E-state index in [9.17, 15) is 14.9 Å². The molecule has 1 amide bonds. The summed E-state index contributed by atoms with van der Waals surface area (Å²) >= 11 is 6.58. The molecule has 1 aliphatic heterocycles. The minimum atomic E-state index is -0.440. The van der Waals surface area contributed by atoms with Gasteiger partial charge in [0.15, 0.2) is 0 Å². The largest absolute Gasteiger partial charge is 0.467 e. The Kier molecular flexibility index (Phi) is 4.84. The summed E-state index contributed by atoms with van der Waals surface area (Å²) in [6, 6.07) is 13.5. The maximum absolute atomic E-state index is 12.8. The topological polar surface area (TPSA) is 81.5 Å². The molecule has 1 saturated heterocycles. The van der Waals surface area contributed by atoms with Crippen LogP contribution in [0.3, 0.4) is 0 Å². The SMILES string of the molecule is O=C1C(=Cc2cccn2-c2ccc([N+](=O)[O-])cc2)SC(=S)N1Cc1ccco1. The molecule has 140 valence electrons. The second kappa shape index (κ2) is 7.45. The van der Waals surface area contributed by atoms with Crippen molar-refractivity contribution in [2.45, 2.75) is 6.54 Å². The van der Waals surface area contributed by atoms with Crippen LogP contribution in [0.25, 0.3) is 11.8 Å². The van der Waals surface area contributed by atoms with Crippen molar-refractivity contribution in [1.29, 1.82) is 0 Å². The van der Waals surface area contributed by atoms with Crippen molar-refractivity contribution >= 4 is 46.0 Å². The number of aromatic nitrogens is 1. The molecule has 0 spiro atoms. The molecule has 0 unspecified atom stereocenters. The standard InChI is InChI=1S/C19H13N3O4S2/c23-18-17(28-19(27)21(18)12-16-4-2-10-26-16)11-15-3-1-9-20(15)13-5-7-14(8-6-13)22(24)25/h1-11H,12H2. The molecule has 1 aliphatic rings. The first-order valence-electron chi connectivity index (χ1n) is 8.23. The molecule has 0 aliphatic carbocycles. The number of nitro groups is 1.